The summed E-state index contributed by atoms with van der Waals surface area (Å²) < 4.78 is 0. The number of aliphatic hydroxyl groups excluding tert-OH is 2. The predicted octanol–water partition coefficient (Wildman–Crippen LogP) is 18.9. The fourth-order valence-corrected chi connectivity index (χ4v) is 9.36. The third-order valence-electron chi connectivity index (χ3n) is 13.8. The van der Waals surface area contributed by atoms with E-state index in [2.05, 4.69) is 31.3 Å². The molecule has 0 heterocycles. The molecule has 0 bridgehead atoms. The molecule has 0 rings (SSSR count). The standard InChI is InChI=1S/C58H115NO3/c1-3-5-7-9-11-13-15-16-17-18-19-20-21-22-23-24-25-26-27-28-29-30-31-32-33-34-35-36-37-38-39-40-41-42-44-46-48-50-52-54-58(62)59-56(55-60)57(61)53-51-49-47-45-43-14-12-10-8-6-4-2/h28-29,56-57,60-61H,3-27,30-55H2,1-2H3,(H,59,62)/b29-28-. The molecule has 0 aliphatic carbocycles. The van der Waals surface area contributed by atoms with Crippen LogP contribution in [0.4, 0.5) is 0 Å². The van der Waals surface area contributed by atoms with Gasteiger partial charge >= 0.3 is 0 Å². The van der Waals surface area contributed by atoms with Gasteiger partial charge in [0.15, 0.2) is 0 Å². The lowest BCUT2D eigenvalue weighted by Crippen LogP contribution is -2.45. The molecule has 0 aromatic carbocycles. The second kappa shape index (κ2) is 54.5. The molecular weight excluding hydrogens is 759 g/mol. The van der Waals surface area contributed by atoms with Crippen LogP contribution in [0.15, 0.2) is 12.2 Å². The lowest BCUT2D eigenvalue weighted by molar-refractivity contribution is -0.123. The maximum absolute atomic E-state index is 12.4. The van der Waals surface area contributed by atoms with Crippen molar-refractivity contribution in [2.24, 2.45) is 0 Å². The van der Waals surface area contributed by atoms with Crippen LogP contribution in [0.25, 0.3) is 0 Å². The van der Waals surface area contributed by atoms with Gasteiger partial charge in [-0.15, -0.1) is 0 Å². The molecule has 4 nitrogen and oxygen atoms in total. The quantitative estimate of drug-likeness (QED) is 0.0421. The van der Waals surface area contributed by atoms with Crippen molar-refractivity contribution in [3.8, 4) is 0 Å². The SMILES string of the molecule is CCCCCCCCCCCCCCCCCCCC/C=C\CCCCCCCCCCCCCCCCCCCC(=O)NC(CO)C(O)CCCCCCCCCCCCC. The normalized spacial score (nSPS) is 12.8. The Morgan fingerprint density at radius 2 is 0.613 bits per heavy atom. The Morgan fingerprint density at radius 3 is 0.887 bits per heavy atom. The summed E-state index contributed by atoms with van der Waals surface area (Å²) in [6.45, 7) is 4.38. The van der Waals surface area contributed by atoms with Crippen molar-refractivity contribution in [1.29, 1.82) is 0 Å². The highest BCUT2D eigenvalue weighted by molar-refractivity contribution is 5.76. The Hall–Kier alpha value is -0.870. The molecule has 0 aliphatic heterocycles. The molecule has 4 heteroatoms. The van der Waals surface area contributed by atoms with E-state index < -0.39 is 12.1 Å². The fourth-order valence-electron chi connectivity index (χ4n) is 9.36. The van der Waals surface area contributed by atoms with Crippen molar-refractivity contribution < 1.29 is 15.0 Å². The van der Waals surface area contributed by atoms with E-state index in [4.69, 9.17) is 0 Å². The lowest BCUT2D eigenvalue weighted by atomic mass is 10.0. The maximum Gasteiger partial charge on any atom is 0.220 e. The van der Waals surface area contributed by atoms with Crippen molar-refractivity contribution in [3.05, 3.63) is 12.2 Å². The van der Waals surface area contributed by atoms with Gasteiger partial charge in [0.05, 0.1) is 18.8 Å². The number of nitrogens with one attached hydrogen (secondary N) is 1. The number of hydrogen-bond acceptors (Lipinski definition) is 3. The number of carbonyl (C=O) groups excluding carboxylic acids is 1. The number of hydrogen-bond donors (Lipinski definition) is 3. The third-order valence-corrected chi connectivity index (χ3v) is 13.8. The average molecular weight is 875 g/mol. The minimum atomic E-state index is -0.654. The molecule has 0 aromatic rings. The number of carbonyl (C=O) groups is 1. The van der Waals surface area contributed by atoms with Gasteiger partial charge in [-0.05, 0) is 38.5 Å². The number of rotatable bonds is 54. The summed E-state index contributed by atoms with van der Waals surface area (Å²) in [5, 5.41) is 23.2. The highest BCUT2D eigenvalue weighted by Crippen LogP contribution is 2.18. The zero-order valence-corrected chi connectivity index (χ0v) is 42.7. The van der Waals surface area contributed by atoms with Crippen LogP contribution in [0.2, 0.25) is 0 Å². The number of aliphatic hydroxyl groups is 2. The lowest BCUT2D eigenvalue weighted by Gasteiger charge is -2.22. The van der Waals surface area contributed by atoms with E-state index in [9.17, 15) is 15.0 Å². The second-order valence-electron chi connectivity index (χ2n) is 20.1. The molecule has 370 valence electrons. The molecule has 0 saturated carbocycles. The molecule has 2 unspecified atom stereocenters. The van der Waals surface area contributed by atoms with Crippen LogP contribution in [0, 0.1) is 0 Å². The summed E-state index contributed by atoms with van der Waals surface area (Å²) in [6, 6.07) is -0.531. The van der Waals surface area contributed by atoms with Crippen LogP contribution in [0.5, 0.6) is 0 Å². The van der Waals surface area contributed by atoms with Crippen LogP contribution in [0.3, 0.4) is 0 Å². The van der Waals surface area contributed by atoms with Gasteiger partial charge < -0.3 is 15.5 Å². The van der Waals surface area contributed by atoms with Gasteiger partial charge in [0, 0.05) is 6.42 Å². The summed E-state index contributed by atoms with van der Waals surface area (Å²) in [5.41, 5.74) is 0. The van der Waals surface area contributed by atoms with Crippen LogP contribution < -0.4 is 5.32 Å². The zero-order valence-electron chi connectivity index (χ0n) is 42.7. The Labute approximate surface area is 390 Å². The topological polar surface area (TPSA) is 69.6 Å². The number of unbranched alkanes of at least 4 members (excludes halogenated alkanes) is 45. The van der Waals surface area contributed by atoms with Crippen LogP contribution in [-0.4, -0.2) is 34.9 Å². The smallest absolute Gasteiger partial charge is 0.220 e. The van der Waals surface area contributed by atoms with E-state index in [0.717, 1.165) is 25.7 Å². The van der Waals surface area contributed by atoms with E-state index in [1.165, 1.54) is 283 Å². The molecule has 0 saturated heterocycles. The highest BCUT2D eigenvalue weighted by Gasteiger charge is 2.20. The van der Waals surface area contributed by atoms with Gasteiger partial charge in [-0.2, -0.15) is 0 Å². The second-order valence-corrected chi connectivity index (χ2v) is 20.1. The summed E-state index contributed by atoms with van der Waals surface area (Å²) >= 11 is 0. The highest BCUT2D eigenvalue weighted by atomic mass is 16.3. The van der Waals surface area contributed by atoms with Crippen molar-refractivity contribution in [2.75, 3.05) is 6.61 Å². The van der Waals surface area contributed by atoms with Gasteiger partial charge in [0.1, 0.15) is 0 Å². The van der Waals surface area contributed by atoms with Gasteiger partial charge in [0.2, 0.25) is 5.91 Å². The summed E-state index contributed by atoms with van der Waals surface area (Å²) in [7, 11) is 0. The van der Waals surface area contributed by atoms with Gasteiger partial charge in [-0.1, -0.05) is 302 Å². The molecule has 62 heavy (non-hydrogen) atoms. The first-order valence-electron chi connectivity index (χ1n) is 28.9. The van der Waals surface area contributed by atoms with Crippen LogP contribution in [0.1, 0.15) is 335 Å². The summed E-state index contributed by atoms with van der Waals surface area (Å²) in [6.07, 6.45) is 70.9. The average Bonchev–Trinajstić information content (AvgIpc) is 3.28. The van der Waals surface area contributed by atoms with Gasteiger partial charge in [-0.3, -0.25) is 4.79 Å². The van der Waals surface area contributed by atoms with E-state index in [1.54, 1.807) is 0 Å². The zero-order chi connectivity index (χ0) is 44.9. The van der Waals surface area contributed by atoms with Crippen molar-refractivity contribution in [2.45, 2.75) is 347 Å². The molecule has 1 amide bonds. The monoisotopic (exact) mass is 874 g/mol. The van der Waals surface area contributed by atoms with Gasteiger partial charge in [-0.25, -0.2) is 0 Å². The molecule has 0 spiro atoms. The Bertz CT molecular complexity index is 860. The first-order valence-corrected chi connectivity index (χ1v) is 28.9. The minimum Gasteiger partial charge on any atom is -0.394 e. The fraction of sp³-hybridized carbons (Fsp3) is 0.948. The molecule has 0 radical (unpaired) electrons. The van der Waals surface area contributed by atoms with E-state index in [1.807, 2.05) is 0 Å². The van der Waals surface area contributed by atoms with E-state index in [0.29, 0.717) is 12.8 Å². The predicted molar refractivity (Wildman–Crippen MR) is 276 cm³/mol. The van der Waals surface area contributed by atoms with Crippen molar-refractivity contribution in [3.63, 3.8) is 0 Å². The summed E-state index contributed by atoms with van der Waals surface area (Å²) in [4.78, 5) is 12.4. The molecule has 0 aromatic heterocycles. The molecule has 0 fully saturated rings. The van der Waals surface area contributed by atoms with Crippen LogP contribution in [-0.2, 0) is 4.79 Å². The Kier molecular flexibility index (Phi) is 53.7. The van der Waals surface area contributed by atoms with Gasteiger partial charge in [0.25, 0.3) is 0 Å². The van der Waals surface area contributed by atoms with Crippen molar-refractivity contribution >= 4 is 5.91 Å². The van der Waals surface area contributed by atoms with Crippen LogP contribution >= 0.6 is 0 Å². The minimum absolute atomic E-state index is 0.0266. The first-order chi connectivity index (χ1) is 30.7. The largest absolute Gasteiger partial charge is 0.394 e. The van der Waals surface area contributed by atoms with E-state index in [-0.39, 0.29) is 12.5 Å². The molecular formula is C58H115NO3. The number of allylic oxidation sites excluding steroid dienone is 2. The van der Waals surface area contributed by atoms with Crippen molar-refractivity contribution in [1.82, 2.24) is 5.32 Å². The summed E-state index contributed by atoms with van der Waals surface area (Å²) in [5.74, 6) is -0.0266. The maximum atomic E-state index is 12.4. The third kappa shape index (κ3) is 50.1. The number of amides is 1. The molecule has 0 aliphatic rings. The Balaban J connectivity index is 3.33. The molecule has 2 atom stereocenters. The first kappa shape index (κ1) is 61.1. The Morgan fingerprint density at radius 1 is 0.371 bits per heavy atom. The molecule has 3 N–H and O–H groups in total. The van der Waals surface area contributed by atoms with E-state index >= 15 is 0 Å².